The summed E-state index contributed by atoms with van der Waals surface area (Å²) in [5, 5.41) is 9.34. The molecular weight excluding hydrogens is 333 g/mol. The molecule has 3 nitrogen and oxygen atoms in total. The minimum atomic E-state index is -0.263. The zero-order valence-electron chi connectivity index (χ0n) is 13.5. The molecule has 2 heterocycles. The van der Waals surface area contributed by atoms with Gasteiger partial charge < -0.3 is 0 Å². The molecule has 0 atom stereocenters. The second kappa shape index (κ2) is 6.15. The lowest BCUT2D eigenvalue weighted by molar-refractivity contribution is 0.628. The summed E-state index contributed by atoms with van der Waals surface area (Å²) in [5.74, 6) is -0.263. The summed E-state index contributed by atoms with van der Waals surface area (Å²) in [6, 6.07) is 18.6. The van der Waals surface area contributed by atoms with Gasteiger partial charge in [-0.2, -0.15) is 5.26 Å². The van der Waals surface area contributed by atoms with Crippen LogP contribution in [0, 0.1) is 24.1 Å². The first kappa shape index (κ1) is 15.6. The number of benzene rings is 2. The van der Waals surface area contributed by atoms with E-state index in [1.165, 1.54) is 12.1 Å². The summed E-state index contributed by atoms with van der Waals surface area (Å²) in [5.41, 5.74) is 4.58. The Morgan fingerprint density at radius 1 is 1.08 bits per heavy atom. The van der Waals surface area contributed by atoms with Crippen molar-refractivity contribution in [3.63, 3.8) is 0 Å². The van der Waals surface area contributed by atoms with Gasteiger partial charge in [-0.25, -0.2) is 9.37 Å². The molecule has 0 aliphatic heterocycles. The SMILES string of the molecule is Cc1sc2nc(-c3ccccc3)c(CC#N)n2c1-c1ccc(F)cc1. The summed E-state index contributed by atoms with van der Waals surface area (Å²) in [6.07, 6.45) is 0.260. The van der Waals surface area contributed by atoms with Gasteiger partial charge in [-0.05, 0) is 36.8 Å². The molecule has 0 fully saturated rings. The molecule has 0 N–H and O–H groups in total. The maximum Gasteiger partial charge on any atom is 0.195 e. The first-order valence-electron chi connectivity index (χ1n) is 7.88. The fraction of sp³-hybridized carbons (Fsp3) is 0.100. The van der Waals surface area contributed by atoms with Crippen LogP contribution in [0.4, 0.5) is 4.39 Å². The number of aromatic nitrogens is 2. The standard InChI is InChI=1S/C20H14FN3S/c1-13-19(15-7-9-16(21)10-8-15)24-17(11-12-22)18(23-20(24)25-13)14-5-3-2-4-6-14/h2-10H,11H2,1H3. The Bertz CT molecular complexity index is 1090. The van der Waals surface area contributed by atoms with Crippen LogP contribution < -0.4 is 0 Å². The van der Waals surface area contributed by atoms with Crippen LogP contribution in [-0.2, 0) is 6.42 Å². The Balaban J connectivity index is 2.01. The van der Waals surface area contributed by atoms with Gasteiger partial charge in [0.25, 0.3) is 0 Å². The smallest absolute Gasteiger partial charge is 0.195 e. The molecule has 0 amide bonds. The van der Waals surface area contributed by atoms with E-state index in [2.05, 4.69) is 6.07 Å². The van der Waals surface area contributed by atoms with E-state index in [9.17, 15) is 9.65 Å². The van der Waals surface area contributed by atoms with E-state index in [4.69, 9.17) is 4.98 Å². The summed E-state index contributed by atoms with van der Waals surface area (Å²) in [6.45, 7) is 2.02. The number of aryl methyl sites for hydroxylation is 1. The van der Waals surface area contributed by atoms with Crippen LogP contribution in [0.15, 0.2) is 54.6 Å². The lowest BCUT2D eigenvalue weighted by Gasteiger charge is -2.06. The van der Waals surface area contributed by atoms with Gasteiger partial charge >= 0.3 is 0 Å². The van der Waals surface area contributed by atoms with Crippen molar-refractivity contribution in [2.75, 3.05) is 0 Å². The number of hydrogen-bond acceptors (Lipinski definition) is 3. The second-order valence-corrected chi connectivity index (χ2v) is 6.92. The quantitative estimate of drug-likeness (QED) is 0.508. The van der Waals surface area contributed by atoms with E-state index in [1.54, 1.807) is 23.5 Å². The number of rotatable bonds is 3. The molecule has 2 aromatic heterocycles. The predicted molar refractivity (Wildman–Crippen MR) is 98.0 cm³/mol. The lowest BCUT2D eigenvalue weighted by atomic mass is 10.1. The highest BCUT2D eigenvalue weighted by molar-refractivity contribution is 7.17. The Hall–Kier alpha value is -2.97. The van der Waals surface area contributed by atoms with Gasteiger partial charge in [-0.1, -0.05) is 30.3 Å². The Morgan fingerprint density at radius 3 is 2.48 bits per heavy atom. The predicted octanol–water partition coefficient (Wildman–Crippen LogP) is 5.24. The van der Waals surface area contributed by atoms with Crippen LogP contribution in [-0.4, -0.2) is 9.38 Å². The summed E-state index contributed by atoms with van der Waals surface area (Å²) < 4.78 is 15.3. The normalized spacial score (nSPS) is 10.9. The maximum absolute atomic E-state index is 13.3. The average Bonchev–Trinajstić information content (AvgIpc) is 3.12. The highest BCUT2D eigenvalue weighted by atomic mass is 32.1. The molecule has 5 heteroatoms. The van der Waals surface area contributed by atoms with E-state index >= 15 is 0 Å². The van der Waals surface area contributed by atoms with Crippen LogP contribution in [0.25, 0.3) is 27.5 Å². The fourth-order valence-corrected chi connectivity index (χ4v) is 4.09. The highest BCUT2D eigenvalue weighted by Crippen LogP contribution is 2.36. The molecule has 122 valence electrons. The molecule has 0 aliphatic carbocycles. The molecule has 4 aromatic rings. The van der Waals surface area contributed by atoms with E-state index < -0.39 is 0 Å². The summed E-state index contributed by atoms with van der Waals surface area (Å²) in [4.78, 5) is 6.72. The molecule has 25 heavy (non-hydrogen) atoms. The number of imidazole rings is 1. The largest absolute Gasteiger partial charge is 0.285 e. The van der Waals surface area contributed by atoms with E-state index in [0.29, 0.717) is 0 Å². The van der Waals surface area contributed by atoms with E-state index in [0.717, 1.165) is 38.0 Å². The van der Waals surface area contributed by atoms with Crippen LogP contribution in [0.1, 0.15) is 10.6 Å². The van der Waals surface area contributed by atoms with Crippen molar-refractivity contribution < 1.29 is 4.39 Å². The zero-order valence-corrected chi connectivity index (χ0v) is 14.3. The van der Waals surface area contributed by atoms with Gasteiger partial charge in [0.1, 0.15) is 5.82 Å². The van der Waals surface area contributed by atoms with Gasteiger partial charge in [-0.3, -0.25) is 4.40 Å². The number of halogens is 1. The van der Waals surface area contributed by atoms with Crippen molar-refractivity contribution >= 4 is 16.3 Å². The molecule has 2 aromatic carbocycles. The molecule has 0 aliphatic rings. The number of thiazole rings is 1. The van der Waals surface area contributed by atoms with Gasteiger partial charge in [0.2, 0.25) is 0 Å². The van der Waals surface area contributed by atoms with Crippen LogP contribution in [0.5, 0.6) is 0 Å². The van der Waals surface area contributed by atoms with Crippen molar-refractivity contribution in [1.29, 1.82) is 5.26 Å². The van der Waals surface area contributed by atoms with Gasteiger partial charge in [0.15, 0.2) is 4.96 Å². The van der Waals surface area contributed by atoms with Gasteiger partial charge in [0, 0.05) is 10.4 Å². The molecular formula is C20H14FN3S. The maximum atomic E-state index is 13.3. The Labute approximate surface area is 148 Å². The van der Waals surface area contributed by atoms with Crippen molar-refractivity contribution in [1.82, 2.24) is 9.38 Å². The molecule has 0 saturated heterocycles. The third-order valence-electron chi connectivity index (χ3n) is 4.15. The van der Waals surface area contributed by atoms with Crippen molar-refractivity contribution in [2.45, 2.75) is 13.3 Å². The highest BCUT2D eigenvalue weighted by Gasteiger charge is 2.20. The number of nitrogens with zero attached hydrogens (tertiary/aromatic N) is 3. The molecule has 0 unspecified atom stereocenters. The lowest BCUT2D eigenvalue weighted by Crippen LogP contribution is -1.96. The molecule has 0 bridgehead atoms. The zero-order chi connectivity index (χ0) is 17.4. The topological polar surface area (TPSA) is 41.1 Å². The average molecular weight is 347 g/mol. The van der Waals surface area contributed by atoms with Gasteiger partial charge in [-0.15, -0.1) is 11.3 Å². The minimum Gasteiger partial charge on any atom is -0.285 e. The summed E-state index contributed by atoms with van der Waals surface area (Å²) in [7, 11) is 0. The number of fused-ring (bicyclic) bond motifs is 1. The minimum absolute atomic E-state index is 0.260. The van der Waals surface area contributed by atoms with Gasteiger partial charge in [0.05, 0.1) is 29.6 Å². The van der Waals surface area contributed by atoms with Crippen molar-refractivity contribution in [2.24, 2.45) is 0 Å². The molecule has 0 saturated carbocycles. The summed E-state index contributed by atoms with van der Waals surface area (Å²) >= 11 is 1.58. The Kier molecular flexibility index (Phi) is 3.83. The second-order valence-electron chi connectivity index (χ2n) is 5.74. The monoisotopic (exact) mass is 347 g/mol. The third-order valence-corrected chi connectivity index (χ3v) is 5.11. The van der Waals surface area contributed by atoms with E-state index in [1.807, 2.05) is 41.7 Å². The van der Waals surface area contributed by atoms with Crippen LogP contribution in [0.2, 0.25) is 0 Å². The van der Waals surface area contributed by atoms with Crippen molar-refractivity contribution in [3.8, 4) is 28.6 Å². The Morgan fingerprint density at radius 2 is 1.80 bits per heavy atom. The fourth-order valence-electron chi connectivity index (χ4n) is 3.08. The first-order valence-corrected chi connectivity index (χ1v) is 8.69. The third kappa shape index (κ3) is 2.61. The molecule has 4 rings (SSSR count). The number of nitriles is 1. The molecule has 0 radical (unpaired) electrons. The molecule has 0 spiro atoms. The van der Waals surface area contributed by atoms with Crippen molar-refractivity contribution in [3.05, 3.63) is 71.0 Å². The first-order chi connectivity index (χ1) is 12.2. The van der Waals surface area contributed by atoms with E-state index in [-0.39, 0.29) is 12.2 Å². The van der Waals surface area contributed by atoms with Crippen LogP contribution >= 0.6 is 11.3 Å². The van der Waals surface area contributed by atoms with Crippen LogP contribution in [0.3, 0.4) is 0 Å². The number of hydrogen-bond donors (Lipinski definition) is 0.